The zero-order valence-corrected chi connectivity index (χ0v) is 13.6. The van der Waals surface area contributed by atoms with Crippen LogP contribution in [0.25, 0.3) is 0 Å². The Morgan fingerprint density at radius 3 is 2.00 bits per heavy atom. The predicted octanol–water partition coefficient (Wildman–Crippen LogP) is 3.76. The zero-order valence-electron chi connectivity index (χ0n) is 13.6. The van der Waals surface area contributed by atoms with Crippen molar-refractivity contribution in [2.75, 3.05) is 26.2 Å². The van der Waals surface area contributed by atoms with Crippen LogP contribution in [0.4, 0.5) is 0 Å². The number of hydrogen-bond donors (Lipinski definition) is 0. The molecule has 0 N–H and O–H groups in total. The third-order valence-electron chi connectivity index (χ3n) is 5.46. The first-order valence-electron chi connectivity index (χ1n) is 8.58. The van der Waals surface area contributed by atoms with Crippen molar-refractivity contribution in [1.29, 1.82) is 0 Å². The lowest BCUT2D eigenvalue weighted by Crippen LogP contribution is -2.55. The highest BCUT2D eigenvalue weighted by molar-refractivity contribution is 5.01. The molecule has 1 spiro atoms. The summed E-state index contributed by atoms with van der Waals surface area (Å²) in [6, 6.07) is 1.65. The Morgan fingerprint density at radius 2 is 1.58 bits per heavy atom. The minimum absolute atomic E-state index is 0.732. The molecule has 112 valence electrons. The van der Waals surface area contributed by atoms with Gasteiger partial charge in [0.1, 0.15) is 0 Å². The molecule has 0 aromatic rings. The summed E-state index contributed by atoms with van der Waals surface area (Å²) in [7, 11) is 0. The van der Waals surface area contributed by atoms with Crippen molar-refractivity contribution in [3.63, 3.8) is 0 Å². The van der Waals surface area contributed by atoms with Crippen LogP contribution in [0.3, 0.4) is 0 Å². The SMILES string of the molecule is CCCN(CCC)C1CC2(CCN(C(C)C)CC2)C1. The second-order valence-corrected chi connectivity index (χ2v) is 7.23. The van der Waals surface area contributed by atoms with Gasteiger partial charge >= 0.3 is 0 Å². The maximum absolute atomic E-state index is 2.76. The largest absolute Gasteiger partial charge is 0.301 e. The first kappa shape index (κ1) is 15.3. The summed E-state index contributed by atoms with van der Waals surface area (Å²) in [5.74, 6) is 0. The van der Waals surface area contributed by atoms with E-state index in [4.69, 9.17) is 0 Å². The van der Waals surface area contributed by atoms with Gasteiger partial charge in [-0.2, -0.15) is 0 Å². The molecule has 2 rings (SSSR count). The van der Waals surface area contributed by atoms with Crippen LogP contribution in [0.1, 0.15) is 66.2 Å². The van der Waals surface area contributed by atoms with Gasteiger partial charge in [0, 0.05) is 12.1 Å². The summed E-state index contributed by atoms with van der Waals surface area (Å²) in [6.07, 6.45) is 8.49. The molecule has 1 aliphatic carbocycles. The van der Waals surface area contributed by atoms with Gasteiger partial charge in [-0.05, 0) is 84.0 Å². The van der Waals surface area contributed by atoms with E-state index in [0.29, 0.717) is 0 Å². The average molecular weight is 266 g/mol. The van der Waals surface area contributed by atoms with Gasteiger partial charge in [-0.15, -0.1) is 0 Å². The molecule has 2 heteroatoms. The molecule has 2 fully saturated rings. The van der Waals surface area contributed by atoms with Crippen molar-refractivity contribution in [1.82, 2.24) is 9.80 Å². The van der Waals surface area contributed by atoms with Crippen LogP contribution in [0.2, 0.25) is 0 Å². The van der Waals surface area contributed by atoms with Gasteiger partial charge < -0.3 is 9.80 Å². The van der Waals surface area contributed by atoms with Crippen LogP contribution in [0.15, 0.2) is 0 Å². The van der Waals surface area contributed by atoms with Crippen LogP contribution in [-0.4, -0.2) is 48.1 Å². The topological polar surface area (TPSA) is 6.48 Å². The Bertz CT molecular complexity index is 252. The molecular weight excluding hydrogens is 232 g/mol. The molecule has 2 nitrogen and oxygen atoms in total. The smallest absolute Gasteiger partial charge is 0.0106 e. The quantitative estimate of drug-likeness (QED) is 0.722. The summed E-state index contributed by atoms with van der Waals surface area (Å²) in [4.78, 5) is 5.43. The van der Waals surface area contributed by atoms with E-state index >= 15 is 0 Å². The van der Waals surface area contributed by atoms with E-state index in [2.05, 4.69) is 37.5 Å². The van der Waals surface area contributed by atoms with Gasteiger partial charge in [0.25, 0.3) is 0 Å². The van der Waals surface area contributed by atoms with Crippen molar-refractivity contribution < 1.29 is 0 Å². The predicted molar refractivity (Wildman–Crippen MR) is 83.6 cm³/mol. The van der Waals surface area contributed by atoms with Gasteiger partial charge in [0.05, 0.1) is 0 Å². The third kappa shape index (κ3) is 3.52. The number of piperidine rings is 1. The number of hydrogen-bond acceptors (Lipinski definition) is 2. The summed E-state index contributed by atoms with van der Waals surface area (Å²) in [5.41, 5.74) is 0.732. The molecule has 2 aliphatic rings. The summed E-state index contributed by atoms with van der Waals surface area (Å²) in [5, 5.41) is 0. The molecule has 0 unspecified atom stereocenters. The molecule has 1 saturated heterocycles. The van der Waals surface area contributed by atoms with E-state index < -0.39 is 0 Å². The summed E-state index contributed by atoms with van der Waals surface area (Å²) in [6.45, 7) is 14.6. The van der Waals surface area contributed by atoms with Gasteiger partial charge in [-0.3, -0.25) is 0 Å². The van der Waals surface area contributed by atoms with Crippen molar-refractivity contribution in [2.24, 2.45) is 5.41 Å². The van der Waals surface area contributed by atoms with Crippen LogP contribution in [0.5, 0.6) is 0 Å². The van der Waals surface area contributed by atoms with Crippen LogP contribution < -0.4 is 0 Å². The minimum Gasteiger partial charge on any atom is -0.301 e. The summed E-state index contributed by atoms with van der Waals surface area (Å²) < 4.78 is 0. The van der Waals surface area contributed by atoms with Crippen molar-refractivity contribution in [3.05, 3.63) is 0 Å². The highest BCUT2D eigenvalue weighted by Crippen LogP contribution is 2.51. The van der Waals surface area contributed by atoms with Gasteiger partial charge in [-0.25, -0.2) is 0 Å². The number of likely N-dealkylation sites (tertiary alicyclic amines) is 1. The van der Waals surface area contributed by atoms with Crippen LogP contribution in [0, 0.1) is 5.41 Å². The fourth-order valence-corrected chi connectivity index (χ4v) is 4.17. The van der Waals surface area contributed by atoms with Gasteiger partial charge in [0.15, 0.2) is 0 Å². The van der Waals surface area contributed by atoms with Gasteiger partial charge in [-0.1, -0.05) is 13.8 Å². The third-order valence-corrected chi connectivity index (χ3v) is 5.46. The lowest BCUT2D eigenvalue weighted by molar-refractivity contribution is -0.0474. The molecule has 1 aliphatic heterocycles. The standard InChI is InChI=1S/C17H34N2/c1-5-9-19(10-6-2)16-13-17(14-16)7-11-18(12-8-17)15(3)4/h15-16H,5-14H2,1-4H3. The van der Waals surface area contributed by atoms with Crippen LogP contribution in [-0.2, 0) is 0 Å². The molecule has 1 saturated carbocycles. The molecule has 0 aromatic carbocycles. The number of rotatable bonds is 6. The number of nitrogens with zero attached hydrogens (tertiary/aromatic N) is 2. The van der Waals surface area contributed by atoms with Crippen molar-refractivity contribution in [3.8, 4) is 0 Å². The lowest BCUT2D eigenvalue weighted by Gasteiger charge is -2.56. The van der Waals surface area contributed by atoms with E-state index in [9.17, 15) is 0 Å². The van der Waals surface area contributed by atoms with Crippen molar-refractivity contribution >= 4 is 0 Å². The van der Waals surface area contributed by atoms with E-state index in [0.717, 1.165) is 17.5 Å². The second kappa shape index (κ2) is 6.58. The highest BCUT2D eigenvalue weighted by atomic mass is 15.2. The molecule has 0 bridgehead atoms. The second-order valence-electron chi connectivity index (χ2n) is 7.23. The molecular formula is C17H34N2. The fourth-order valence-electron chi connectivity index (χ4n) is 4.17. The minimum atomic E-state index is 0.732. The van der Waals surface area contributed by atoms with Crippen molar-refractivity contribution in [2.45, 2.75) is 78.3 Å². The maximum Gasteiger partial charge on any atom is 0.0106 e. The van der Waals surface area contributed by atoms with Crippen LogP contribution >= 0.6 is 0 Å². The first-order chi connectivity index (χ1) is 9.10. The molecule has 0 radical (unpaired) electrons. The fraction of sp³-hybridized carbons (Fsp3) is 1.00. The van der Waals surface area contributed by atoms with E-state index in [1.165, 1.54) is 64.7 Å². The van der Waals surface area contributed by atoms with Gasteiger partial charge in [0.2, 0.25) is 0 Å². The molecule has 0 aromatic heterocycles. The molecule has 1 heterocycles. The Hall–Kier alpha value is -0.0800. The van der Waals surface area contributed by atoms with E-state index in [-0.39, 0.29) is 0 Å². The monoisotopic (exact) mass is 266 g/mol. The molecule has 19 heavy (non-hydrogen) atoms. The van der Waals surface area contributed by atoms with E-state index in [1.54, 1.807) is 0 Å². The first-order valence-corrected chi connectivity index (χ1v) is 8.58. The normalized spacial score (nSPS) is 24.3. The Labute approximate surface area is 120 Å². The van der Waals surface area contributed by atoms with E-state index in [1.807, 2.05) is 0 Å². The Morgan fingerprint density at radius 1 is 1.05 bits per heavy atom. The Balaban J connectivity index is 1.78. The highest BCUT2D eigenvalue weighted by Gasteiger charge is 2.47. The average Bonchev–Trinajstić information content (AvgIpc) is 2.36. The summed E-state index contributed by atoms with van der Waals surface area (Å²) >= 11 is 0. The lowest BCUT2D eigenvalue weighted by atomic mass is 9.60. The molecule has 0 atom stereocenters. The maximum atomic E-state index is 2.76. The zero-order chi connectivity index (χ0) is 13.9. The molecule has 0 amide bonds. The Kier molecular flexibility index (Phi) is 5.30.